The molecule has 36 heavy (non-hydrogen) atoms. The molecule has 0 fully saturated rings. The highest BCUT2D eigenvalue weighted by Gasteiger charge is 2.31. The summed E-state index contributed by atoms with van der Waals surface area (Å²) < 4.78 is 0.183. The first kappa shape index (κ1) is 25.0. The van der Waals surface area contributed by atoms with E-state index in [-0.39, 0.29) is 10.5 Å². The summed E-state index contributed by atoms with van der Waals surface area (Å²) in [6, 6.07) is 44.6. The van der Waals surface area contributed by atoms with Crippen molar-refractivity contribution in [1.82, 2.24) is 0 Å². The lowest BCUT2D eigenvalue weighted by molar-refractivity contribution is 1.01. The molecule has 0 N–H and O–H groups in total. The predicted octanol–water partition coefficient (Wildman–Crippen LogP) is 10.3. The maximum Gasteiger partial charge on any atom is 0.0881 e. The van der Waals surface area contributed by atoms with Crippen LogP contribution < -0.4 is 0 Å². The molecule has 0 amide bonds. The Morgan fingerprint density at radius 3 is 1.58 bits per heavy atom. The second kappa shape index (κ2) is 13.0. The van der Waals surface area contributed by atoms with Crippen LogP contribution >= 0.6 is 46.6 Å². The third kappa shape index (κ3) is 6.95. The quantitative estimate of drug-likeness (QED) is 0.0800. The number of benzene rings is 4. The first-order valence-corrected chi connectivity index (χ1v) is 15.2. The first-order chi connectivity index (χ1) is 17.8. The van der Waals surface area contributed by atoms with Gasteiger partial charge in [0, 0.05) is 14.7 Å². The van der Waals surface area contributed by atoms with Crippen LogP contribution in [0.5, 0.6) is 0 Å². The topological polar surface area (TPSA) is 12.4 Å². The molecule has 0 radical (unpaired) electrons. The van der Waals surface area contributed by atoms with E-state index in [0.29, 0.717) is 0 Å². The molecule has 0 aliphatic carbocycles. The van der Waals surface area contributed by atoms with E-state index in [1.54, 1.807) is 23.1 Å². The summed E-state index contributed by atoms with van der Waals surface area (Å²) in [5, 5.41) is 5.55. The molecule has 1 unspecified atom stereocenters. The lowest BCUT2D eigenvalue weighted by Gasteiger charge is -2.27. The molecule has 0 aliphatic heterocycles. The van der Waals surface area contributed by atoms with Crippen LogP contribution in [0.3, 0.4) is 0 Å². The maximum atomic E-state index is 5.27. The molecule has 1 aromatic heterocycles. The minimum atomic E-state index is 0.0945. The number of aliphatic imine (C=N–C) groups is 1. The molecule has 5 heteroatoms. The summed E-state index contributed by atoms with van der Waals surface area (Å²) in [6.07, 6.45) is 0. The number of para-hydroxylation sites is 1. The average molecular weight is 540 g/mol. The highest BCUT2D eigenvalue weighted by Crippen LogP contribution is 2.47. The molecule has 0 saturated carbocycles. The van der Waals surface area contributed by atoms with Crippen molar-refractivity contribution in [3.05, 3.63) is 144 Å². The fourth-order valence-corrected chi connectivity index (χ4v) is 8.51. The van der Waals surface area contributed by atoms with Crippen LogP contribution in [-0.2, 0) is 0 Å². The molecule has 1 heterocycles. The summed E-state index contributed by atoms with van der Waals surface area (Å²) in [6.45, 7) is 0. The zero-order valence-electron chi connectivity index (χ0n) is 19.5. The van der Waals surface area contributed by atoms with Gasteiger partial charge in [-0.1, -0.05) is 84.6 Å². The van der Waals surface area contributed by atoms with Gasteiger partial charge < -0.3 is 0 Å². The van der Waals surface area contributed by atoms with Gasteiger partial charge in [0.15, 0.2) is 0 Å². The molecule has 4 aromatic carbocycles. The Balaban J connectivity index is 1.61. The van der Waals surface area contributed by atoms with E-state index in [2.05, 4.69) is 132 Å². The molecule has 0 bridgehead atoms. The van der Waals surface area contributed by atoms with Crippen molar-refractivity contribution in [2.45, 2.75) is 25.2 Å². The largest absolute Gasteiger partial charge is 0.246 e. The van der Waals surface area contributed by atoms with Gasteiger partial charge in [-0.25, -0.2) is 4.99 Å². The smallest absolute Gasteiger partial charge is 0.0881 e. The molecule has 0 spiro atoms. The molecule has 1 atom stereocenters. The Labute approximate surface area is 230 Å². The van der Waals surface area contributed by atoms with E-state index in [4.69, 9.17) is 4.99 Å². The van der Waals surface area contributed by atoms with E-state index in [1.807, 2.05) is 29.6 Å². The van der Waals surface area contributed by atoms with E-state index in [1.165, 1.54) is 20.2 Å². The zero-order valence-corrected chi connectivity index (χ0v) is 22.8. The fourth-order valence-electron chi connectivity index (χ4n) is 3.69. The fraction of sp³-hybridized carbons (Fsp3) is 0.0645. The maximum absolute atomic E-state index is 5.27. The van der Waals surface area contributed by atoms with Gasteiger partial charge in [0.1, 0.15) is 0 Å². The van der Waals surface area contributed by atoms with Crippen LogP contribution in [0.2, 0.25) is 0 Å². The van der Waals surface area contributed by atoms with Crippen LogP contribution in [0.4, 0.5) is 5.69 Å². The summed E-state index contributed by atoms with van der Waals surface area (Å²) >= 11 is 7.34. The Morgan fingerprint density at radius 2 is 1.08 bits per heavy atom. The molecule has 5 aromatic rings. The standard InChI is InChI=1S/C31H25NS4/c1-5-13-25(14-6-1)32-30(34-26-15-7-2-8-16-26)29(24-21-22-33-23-24)31(35-27-17-9-3-10-18-27)36-28-19-11-4-12-20-28/h1-23,29,31H. The van der Waals surface area contributed by atoms with Crippen molar-refractivity contribution in [2.75, 3.05) is 0 Å². The van der Waals surface area contributed by atoms with Crippen LogP contribution in [0.15, 0.2) is 158 Å². The summed E-state index contributed by atoms with van der Waals surface area (Å²) in [5.41, 5.74) is 2.28. The number of hydrogen-bond donors (Lipinski definition) is 0. The number of nitrogens with zero attached hydrogens (tertiary/aromatic N) is 1. The Kier molecular flexibility index (Phi) is 9.03. The minimum Gasteiger partial charge on any atom is -0.246 e. The SMILES string of the molecule is c1ccc(N=C(Sc2ccccc2)C(c2ccsc2)C(Sc2ccccc2)Sc2ccccc2)cc1. The molecule has 0 saturated heterocycles. The van der Waals surface area contributed by atoms with Crippen molar-refractivity contribution in [3.8, 4) is 0 Å². The number of thiophene rings is 1. The van der Waals surface area contributed by atoms with Crippen LogP contribution in [0.25, 0.3) is 0 Å². The summed E-state index contributed by atoms with van der Waals surface area (Å²) in [4.78, 5) is 8.99. The normalized spacial score (nSPS) is 12.5. The molecule has 178 valence electrons. The zero-order chi connectivity index (χ0) is 24.4. The highest BCUT2D eigenvalue weighted by molar-refractivity contribution is 8.18. The number of rotatable bonds is 9. The highest BCUT2D eigenvalue weighted by atomic mass is 32.2. The summed E-state index contributed by atoms with van der Waals surface area (Å²) in [7, 11) is 0. The van der Waals surface area contributed by atoms with Gasteiger partial charge >= 0.3 is 0 Å². The van der Waals surface area contributed by atoms with Gasteiger partial charge in [-0.15, -0.1) is 23.5 Å². The van der Waals surface area contributed by atoms with Crippen molar-refractivity contribution in [1.29, 1.82) is 0 Å². The van der Waals surface area contributed by atoms with Crippen LogP contribution in [0, 0.1) is 0 Å². The molecular weight excluding hydrogens is 515 g/mol. The molecule has 0 aliphatic rings. The minimum absolute atomic E-state index is 0.0945. The molecular formula is C31H25NS4. The van der Waals surface area contributed by atoms with Gasteiger partial charge in [-0.05, 0) is 70.9 Å². The van der Waals surface area contributed by atoms with E-state index in [0.717, 1.165) is 10.7 Å². The van der Waals surface area contributed by atoms with E-state index in [9.17, 15) is 0 Å². The van der Waals surface area contributed by atoms with Crippen molar-refractivity contribution < 1.29 is 0 Å². The third-order valence-electron chi connectivity index (χ3n) is 5.39. The van der Waals surface area contributed by atoms with Crippen molar-refractivity contribution in [2.24, 2.45) is 4.99 Å². The number of hydrogen-bond acceptors (Lipinski definition) is 5. The summed E-state index contributed by atoms with van der Waals surface area (Å²) in [5.74, 6) is 0.0945. The van der Waals surface area contributed by atoms with Crippen LogP contribution in [-0.4, -0.2) is 9.63 Å². The lowest BCUT2D eigenvalue weighted by atomic mass is 10.1. The third-order valence-corrected chi connectivity index (χ3v) is 9.83. The average Bonchev–Trinajstić information content (AvgIpc) is 3.46. The number of thioether (sulfide) groups is 3. The van der Waals surface area contributed by atoms with E-state index < -0.39 is 0 Å². The molecule has 1 nitrogen and oxygen atoms in total. The predicted molar refractivity (Wildman–Crippen MR) is 161 cm³/mol. The van der Waals surface area contributed by atoms with Gasteiger partial charge in [0.05, 0.1) is 21.2 Å². The molecule has 5 rings (SSSR count). The van der Waals surface area contributed by atoms with Gasteiger partial charge in [0.2, 0.25) is 0 Å². The van der Waals surface area contributed by atoms with E-state index >= 15 is 0 Å². The van der Waals surface area contributed by atoms with Gasteiger partial charge in [-0.2, -0.15) is 11.3 Å². The first-order valence-electron chi connectivity index (χ1n) is 11.7. The second-order valence-electron chi connectivity index (χ2n) is 7.97. The Morgan fingerprint density at radius 1 is 0.583 bits per heavy atom. The second-order valence-corrected chi connectivity index (χ2v) is 12.6. The lowest BCUT2D eigenvalue weighted by Crippen LogP contribution is -2.19. The monoisotopic (exact) mass is 539 g/mol. The van der Waals surface area contributed by atoms with Crippen molar-refractivity contribution in [3.63, 3.8) is 0 Å². The Bertz CT molecular complexity index is 1300. The Hall–Kier alpha value is -2.70. The van der Waals surface area contributed by atoms with Crippen LogP contribution in [0.1, 0.15) is 11.5 Å². The van der Waals surface area contributed by atoms with Crippen molar-refractivity contribution >= 4 is 57.4 Å². The van der Waals surface area contributed by atoms with Gasteiger partial charge in [-0.3, -0.25) is 0 Å². The van der Waals surface area contributed by atoms with Gasteiger partial charge in [0.25, 0.3) is 0 Å².